The Kier molecular flexibility index (Phi) is 39.4. The van der Waals surface area contributed by atoms with E-state index in [4.69, 9.17) is 28.4 Å². The summed E-state index contributed by atoms with van der Waals surface area (Å²) < 4.78 is 34.4. The second kappa shape index (κ2) is 42.5. The highest BCUT2D eigenvalue weighted by Gasteiger charge is 2.47. The fourth-order valence-corrected chi connectivity index (χ4v) is 9.29. The third kappa shape index (κ3) is 29.5. The van der Waals surface area contributed by atoms with Crippen molar-refractivity contribution in [2.75, 3.05) is 33.0 Å². The zero-order valence-electron chi connectivity index (χ0n) is 43.1. The van der Waals surface area contributed by atoms with Gasteiger partial charge in [-0.25, -0.2) is 0 Å². The lowest BCUT2D eigenvalue weighted by Gasteiger charge is -2.42. The van der Waals surface area contributed by atoms with E-state index in [1.54, 1.807) is 0 Å². The summed E-state index contributed by atoms with van der Waals surface area (Å²) in [7, 11) is 0. The van der Waals surface area contributed by atoms with Crippen LogP contribution in [0.3, 0.4) is 0 Å². The van der Waals surface area contributed by atoms with Crippen LogP contribution in [-0.2, 0) is 33.2 Å². The molecule has 0 radical (unpaired) electrons. The highest BCUT2D eigenvalue weighted by atomic mass is 16.7. The van der Waals surface area contributed by atoms with Gasteiger partial charge in [-0.1, -0.05) is 219 Å². The van der Waals surface area contributed by atoms with Crippen LogP contribution >= 0.6 is 0 Å². The van der Waals surface area contributed by atoms with E-state index in [2.05, 4.69) is 13.8 Å². The summed E-state index contributed by atoms with van der Waals surface area (Å²) in [5.74, 6) is -0.368. The first-order chi connectivity index (χ1) is 33.1. The summed E-state index contributed by atoms with van der Waals surface area (Å²) in [6, 6.07) is 0. The van der Waals surface area contributed by atoms with Crippen LogP contribution < -0.4 is 0 Å². The van der Waals surface area contributed by atoms with Crippen molar-refractivity contribution < 1.29 is 69.0 Å². The van der Waals surface area contributed by atoms with Gasteiger partial charge in [-0.3, -0.25) is 4.79 Å². The maximum Gasteiger partial charge on any atom is 0.306 e. The summed E-state index contributed by atoms with van der Waals surface area (Å²) in [5.41, 5.74) is 0. The number of aliphatic hydroxyl groups excluding tert-OH is 7. The number of carbonyl (C=O) groups excluding carboxylic acids is 1. The van der Waals surface area contributed by atoms with Gasteiger partial charge in [0.25, 0.3) is 0 Å². The molecule has 2 aliphatic rings. The van der Waals surface area contributed by atoms with Gasteiger partial charge in [0.05, 0.1) is 26.4 Å². The van der Waals surface area contributed by atoms with Crippen LogP contribution in [0.4, 0.5) is 0 Å². The van der Waals surface area contributed by atoms with Gasteiger partial charge >= 0.3 is 5.97 Å². The predicted octanol–water partition coefficient (Wildman–Crippen LogP) is 9.25. The average Bonchev–Trinajstić information content (AvgIpc) is 3.33. The number of aliphatic hydroxyl groups is 7. The molecule has 14 nitrogen and oxygen atoms in total. The minimum atomic E-state index is -1.70. The van der Waals surface area contributed by atoms with Crippen molar-refractivity contribution in [2.24, 2.45) is 0 Å². The lowest BCUT2D eigenvalue weighted by atomic mass is 9.98. The molecule has 7 N–H and O–H groups in total. The molecule has 0 aliphatic carbocycles. The van der Waals surface area contributed by atoms with Gasteiger partial charge in [-0.15, -0.1) is 0 Å². The molecule has 0 bridgehead atoms. The van der Waals surface area contributed by atoms with Crippen LogP contribution in [0.1, 0.15) is 239 Å². The van der Waals surface area contributed by atoms with E-state index in [9.17, 15) is 40.5 Å². The fraction of sp³-hybridized carbons (Fsp3) is 0.981. The second-order valence-electron chi connectivity index (χ2n) is 20.1. The van der Waals surface area contributed by atoms with Gasteiger partial charge in [0.1, 0.15) is 54.9 Å². The SMILES string of the molecule is CCCCCCCCCCCCCCCCCCCOCC(COC1OC(COC2OC(CO)C(O)C(O)C2O)C(O)C(O)C1O)OC(=O)CCCCCCCCCCCCCCCCCCC. The lowest BCUT2D eigenvalue weighted by molar-refractivity contribution is -0.332. The molecule has 0 aromatic rings. The van der Waals surface area contributed by atoms with Crippen LogP contribution in [0, 0.1) is 0 Å². The zero-order chi connectivity index (χ0) is 49.5. The van der Waals surface area contributed by atoms with Crippen LogP contribution in [0.15, 0.2) is 0 Å². The number of unbranched alkanes of at least 4 members (excludes halogenated alkanes) is 32. The van der Waals surface area contributed by atoms with Gasteiger partial charge in [-0.05, 0) is 12.8 Å². The smallest absolute Gasteiger partial charge is 0.306 e. The molecule has 2 saturated heterocycles. The molecule has 11 unspecified atom stereocenters. The molecule has 0 spiro atoms. The maximum atomic E-state index is 13.0. The van der Waals surface area contributed by atoms with Crippen molar-refractivity contribution in [3.63, 3.8) is 0 Å². The molecule has 404 valence electrons. The van der Waals surface area contributed by atoms with Crippen molar-refractivity contribution in [3.8, 4) is 0 Å². The van der Waals surface area contributed by atoms with Crippen molar-refractivity contribution in [2.45, 2.75) is 306 Å². The van der Waals surface area contributed by atoms with Gasteiger partial charge in [0.15, 0.2) is 12.6 Å². The second-order valence-corrected chi connectivity index (χ2v) is 20.1. The summed E-state index contributed by atoms with van der Waals surface area (Å²) >= 11 is 0. The standard InChI is InChI=1S/C54H104O14/c1-3-5-7-9-11-13-15-17-19-21-23-25-27-29-31-33-35-37-46(56)66-43(40-63-38-36-34-32-30-28-26-24-22-20-18-16-14-12-10-8-6-4-2)41-64-53-52(62)50(60)48(58)45(68-53)42-65-54-51(61)49(59)47(57)44(39-55)67-54/h43-45,47-55,57-62H,3-42H2,1-2H3. The molecule has 14 heteroatoms. The maximum absolute atomic E-state index is 13.0. The predicted molar refractivity (Wildman–Crippen MR) is 266 cm³/mol. The Balaban J connectivity index is 1.72. The van der Waals surface area contributed by atoms with Gasteiger partial charge < -0.3 is 64.2 Å². The zero-order valence-corrected chi connectivity index (χ0v) is 43.1. The Morgan fingerprint density at radius 1 is 0.426 bits per heavy atom. The largest absolute Gasteiger partial charge is 0.457 e. The van der Waals surface area contributed by atoms with E-state index >= 15 is 0 Å². The quantitative estimate of drug-likeness (QED) is 0.0224. The van der Waals surface area contributed by atoms with Gasteiger partial charge in [0, 0.05) is 13.0 Å². The highest BCUT2D eigenvalue weighted by Crippen LogP contribution is 2.27. The highest BCUT2D eigenvalue weighted by molar-refractivity contribution is 5.69. The minimum absolute atomic E-state index is 0.0707. The Morgan fingerprint density at radius 2 is 0.779 bits per heavy atom. The van der Waals surface area contributed by atoms with Crippen molar-refractivity contribution in [1.82, 2.24) is 0 Å². The molecule has 2 heterocycles. The molecule has 2 fully saturated rings. The van der Waals surface area contributed by atoms with Crippen LogP contribution in [0.25, 0.3) is 0 Å². The van der Waals surface area contributed by atoms with E-state index in [0.29, 0.717) is 6.61 Å². The third-order valence-corrected chi connectivity index (χ3v) is 13.9. The van der Waals surface area contributed by atoms with Crippen LogP contribution in [0.5, 0.6) is 0 Å². The Labute approximate surface area is 412 Å². The number of hydrogen-bond acceptors (Lipinski definition) is 14. The Bertz CT molecular complexity index is 1130. The van der Waals surface area contributed by atoms with Gasteiger partial charge in [-0.2, -0.15) is 0 Å². The van der Waals surface area contributed by atoms with Crippen LogP contribution in [0.2, 0.25) is 0 Å². The van der Waals surface area contributed by atoms with Crippen molar-refractivity contribution >= 4 is 5.97 Å². The Hall–Kier alpha value is -1.01. The molecular formula is C54H104O14. The average molecular weight is 977 g/mol. The monoisotopic (exact) mass is 977 g/mol. The molecule has 0 saturated carbocycles. The number of carbonyl (C=O) groups is 1. The first-order valence-electron chi connectivity index (χ1n) is 28.1. The normalized spacial score (nSPS) is 25.8. The van der Waals surface area contributed by atoms with Crippen LogP contribution in [-0.4, -0.2) is 142 Å². The van der Waals surface area contributed by atoms with E-state index in [1.165, 1.54) is 173 Å². The van der Waals surface area contributed by atoms with E-state index in [1.807, 2.05) is 0 Å². The molecule has 68 heavy (non-hydrogen) atoms. The summed E-state index contributed by atoms with van der Waals surface area (Å²) in [6.07, 6.45) is 27.3. The third-order valence-electron chi connectivity index (χ3n) is 13.9. The van der Waals surface area contributed by atoms with Crippen molar-refractivity contribution in [1.29, 1.82) is 0 Å². The lowest BCUT2D eigenvalue weighted by Crippen LogP contribution is -2.61. The molecule has 0 aromatic carbocycles. The van der Waals surface area contributed by atoms with E-state index in [-0.39, 0.29) is 25.6 Å². The molecule has 2 rings (SSSR count). The number of esters is 1. The molecular weight excluding hydrogens is 873 g/mol. The Morgan fingerprint density at radius 3 is 1.19 bits per heavy atom. The van der Waals surface area contributed by atoms with E-state index < -0.39 is 80.7 Å². The number of rotatable bonds is 46. The van der Waals surface area contributed by atoms with Gasteiger partial charge in [0.2, 0.25) is 0 Å². The first-order valence-corrected chi connectivity index (χ1v) is 28.1. The summed E-state index contributed by atoms with van der Waals surface area (Å²) in [4.78, 5) is 13.0. The first kappa shape index (κ1) is 63.1. The minimum Gasteiger partial charge on any atom is -0.457 e. The molecule has 0 amide bonds. The molecule has 11 atom stereocenters. The summed E-state index contributed by atoms with van der Waals surface area (Å²) in [6.45, 7) is 3.75. The fourth-order valence-electron chi connectivity index (χ4n) is 9.29. The molecule has 0 aromatic heterocycles. The summed E-state index contributed by atoms with van der Waals surface area (Å²) in [5, 5.41) is 72.2. The number of hydrogen-bond donors (Lipinski definition) is 7. The number of ether oxygens (including phenoxy) is 6. The molecule has 2 aliphatic heterocycles. The topological polar surface area (TPSA) is 214 Å². The van der Waals surface area contributed by atoms with E-state index in [0.717, 1.165) is 44.9 Å². The van der Waals surface area contributed by atoms with Crippen molar-refractivity contribution in [3.05, 3.63) is 0 Å².